The summed E-state index contributed by atoms with van der Waals surface area (Å²) in [5.74, 6) is -1.54. The lowest BCUT2D eigenvalue weighted by Crippen LogP contribution is -2.29. The van der Waals surface area contributed by atoms with Crippen LogP contribution in [-0.4, -0.2) is 11.8 Å². The van der Waals surface area contributed by atoms with Crippen LogP contribution in [0.2, 0.25) is 0 Å². The van der Waals surface area contributed by atoms with Crippen molar-refractivity contribution >= 4 is 35.0 Å². The van der Waals surface area contributed by atoms with Crippen molar-refractivity contribution in [3.63, 3.8) is 0 Å². The van der Waals surface area contributed by atoms with E-state index in [4.69, 9.17) is 5.26 Å². The molecule has 132 valence electrons. The van der Waals surface area contributed by atoms with Crippen molar-refractivity contribution in [2.45, 2.75) is 9.79 Å². The Kier molecular flexibility index (Phi) is 5.87. The second kappa shape index (κ2) is 8.70. The van der Waals surface area contributed by atoms with E-state index in [1.807, 2.05) is 48.5 Å². The van der Waals surface area contributed by atoms with Crippen LogP contribution in [0, 0.1) is 11.3 Å². The van der Waals surface area contributed by atoms with Crippen LogP contribution in [0.25, 0.3) is 0 Å². The van der Waals surface area contributed by atoms with Gasteiger partial charge in [-0.3, -0.25) is 9.59 Å². The first-order valence-corrected chi connectivity index (χ1v) is 8.92. The molecule has 3 rings (SSSR count). The molecule has 3 aromatic rings. The molecule has 0 aliphatic heterocycles. The minimum Gasteiger partial charge on any atom is -0.318 e. The Hall–Kier alpha value is -3.56. The van der Waals surface area contributed by atoms with Gasteiger partial charge in [0.1, 0.15) is 0 Å². The normalized spacial score (nSPS) is 9.89. The maximum atomic E-state index is 12.3. The number of hydrogen-bond donors (Lipinski definition) is 2. The van der Waals surface area contributed by atoms with Crippen molar-refractivity contribution in [1.29, 1.82) is 5.26 Å². The zero-order valence-corrected chi connectivity index (χ0v) is 15.0. The first-order valence-electron chi connectivity index (χ1n) is 8.10. The maximum Gasteiger partial charge on any atom is 0.314 e. The highest BCUT2D eigenvalue weighted by atomic mass is 32.2. The molecule has 2 amide bonds. The van der Waals surface area contributed by atoms with Crippen LogP contribution in [0.15, 0.2) is 88.7 Å². The summed E-state index contributed by atoms with van der Waals surface area (Å²) < 4.78 is 0. The van der Waals surface area contributed by atoms with E-state index in [1.54, 1.807) is 36.4 Å². The summed E-state index contributed by atoms with van der Waals surface area (Å²) in [4.78, 5) is 26.3. The lowest BCUT2D eigenvalue weighted by molar-refractivity contribution is -0.133. The van der Waals surface area contributed by atoms with Gasteiger partial charge in [0.15, 0.2) is 0 Å². The van der Waals surface area contributed by atoms with Crippen molar-refractivity contribution in [3.8, 4) is 6.07 Å². The molecule has 0 aliphatic carbocycles. The van der Waals surface area contributed by atoms with Gasteiger partial charge in [0.25, 0.3) is 0 Å². The van der Waals surface area contributed by atoms with Crippen LogP contribution < -0.4 is 10.6 Å². The number of anilines is 2. The molecule has 27 heavy (non-hydrogen) atoms. The number of rotatable bonds is 4. The second-order valence-electron chi connectivity index (χ2n) is 5.51. The summed E-state index contributed by atoms with van der Waals surface area (Å²) in [6.07, 6.45) is 0. The third-order valence-electron chi connectivity index (χ3n) is 3.58. The fourth-order valence-electron chi connectivity index (χ4n) is 2.27. The molecule has 6 heteroatoms. The highest BCUT2D eigenvalue weighted by Crippen LogP contribution is 2.33. The average molecular weight is 373 g/mol. The molecule has 0 saturated heterocycles. The lowest BCUT2D eigenvalue weighted by atomic mass is 10.2. The molecular formula is C21H15N3O2S. The summed E-state index contributed by atoms with van der Waals surface area (Å²) in [5.41, 5.74) is 1.48. The molecular weight excluding hydrogens is 358 g/mol. The van der Waals surface area contributed by atoms with Gasteiger partial charge < -0.3 is 10.6 Å². The monoisotopic (exact) mass is 373 g/mol. The summed E-state index contributed by atoms with van der Waals surface area (Å²) in [6, 6.07) is 25.3. The number of nitrogens with one attached hydrogen (secondary N) is 2. The fraction of sp³-hybridized carbons (Fsp3) is 0. The van der Waals surface area contributed by atoms with Crippen LogP contribution >= 0.6 is 11.8 Å². The third kappa shape index (κ3) is 4.97. The van der Waals surface area contributed by atoms with Gasteiger partial charge in [0.05, 0.1) is 17.3 Å². The predicted octanol–water partition coefficient (Wildman–Crippen LogP) is 4.29. The Morgan fingerprint density at radius 2 is 1.41 bits per heavy atom. The smallest absolute Gasteiger partial charge is 0.314 e. The number of hydrogen-bond acceptors (Lipinski definition) is 4. The van der Waals surface area contributed by atoms with E-state index in [0.717, 1.165) is 9.79 Å². The zero-order valence-electron chi connectivity index (χ0n) is 14.2. The zero-order chi connectivity index (χ0) is 19.1. The van der Waals surface area contributed by atoms with Gasteiger partial charge in [0.2, 0.25) is 0 Å². The Labute approximate surface area is 161 Å². The van der Waals surface area contributed by atoms with Crippen LogP contribution in [0.3, 0.4) is 0 Å². The number of benzene rings is 3. The molecule has 0 saturated carbocycles. The highest BCUT2D eigenvalue weighted by Gasteiger charge is 2.16. The molecule has 0 aromatic heterocycles. The number of nitrogens with zero attached hydrogens (tertiary/aromatic N) is 1. The van der Waals surface area contributed by atoms with Gasteiger partial charge in [-0.25, -0.2) is 0 Å². The molecule has 0 bridgehead atoms. The molecule has 0 unspecified atom stereocenters. The Morgan fingerprint density at radius 3 is 2.11 bits per heavy atom. The molecule has 0 atom stereocenters. The molecule has 5 nitrogen and oxygen atoms in total. The van der Waals surface area contributed by atoms with Crippen molar-refractivity contribution in [3.05, 3.63) is 84.4 Å². The Morgan fingerprint density at radius 1 is 0.778 bits per heavy atom. The molecule has 3 aromatic carbocycles. The van der Waals surface area contributed by atoms with E-state index in [9.17, 15) is 9.59 Å². The van der Waals surface area contributed by atoms with E-state index in [-0.39, 0.29) is 0 Å². The summed E-state index contributed by atoms with van der Waals surface area (Å²) in [5, 5.41) is 14.0. The number of carbonyl (C=O) groups is 2. The molecule has 0 spiro atoms. The number of nitriles is 1. The quantitative estimate of drug-likeness (QED) is 0.669. The molecule has 0 heterocycles. The second-order valence-corrected chi connectivity index (χ2v) is 6.62. The summed E-state index contributed by atoms with van der Waals surface area (Å²) in [7, 11) is 0. The minimum atomic E-state index is -0.778. The van der Waals surface area contributed by atoms with Crippen molar-refractivity contribution < 1.29 is 9.59 Å². The Balaban J connectivity index is 1.68. The van der Waals surface area contributed by atoms with Gasteiger partial charge in [0, 0.05) is 15.5 Å². The van der Waals surface area contributed by atoms with E-state index in [0.29, 0.717) is 16.9 Å². The maximum absolute atomic E-state index is 12.3. The first kappa shape index (κ1) is 18.2. The Bertz CT molecular complexity index is 996. The van der Waals surface area contributed by atoms with E-state index in [1.165, 1.54) is 11.8 Å². The summed E-state index contributed by atoms with van der Waals surface area (Å²) in [6.45, 7) is 0. The van der Waals surface area contributed by atoms with E-state index < -0.39 is 11.8 Å². The van der Waals surface area contributed by atoms with E-state index >= 15 is 0 Å². The standard InChI is InChI=1S/C21H15N3O2S/c22-14-15-10-12-16(13-11-15)23-20(25)21(26)24-18-8-4-5-9-19(18)27-17-6-2-1-3-7-17/h1-13H,(H,23,25)(H,24,26). The van der Waals surface area contributed by atoms with Gasteiger partial charge in [-0.2, -0.15) is 5.26 Å². The van der Waals surface area contributed by atoms with Crippen LogP contribution in [-0.2, 0) is 9.59 Å². The number of para-hydroxylation sites is 1. The molecule has 0 fully saturated rings. The fourth-order valence-corrected chi connectivity index (χ4v) is 3.19. The first-order chi connectivity index (χ1) is 13.2. The van der Waals surface area contributed by atoms with Crippen molar-refractivity contribution in [2.75, 3.05) is 10.6 Å². The largest absolute Gasteiger partial charge is 0.318 e. The van der Waals surface area contributed by atoms with Gasteiger partial charge in [-0.1, -0.05) is 42.1 Å². The molecule has 0 radical (unpaired) electrons. The topological polar surface area (TPSA) is 82.0 Å². The summed E-state index contributed by atoms with van der Waals surface area (Å²) >= 11 is 1.50. The highest BCUT2D eigenvalue weighted by molar-refractivity contribution is 7.99. The van der Waals surface area contributed by atoms with Crippen molar-refractivity contribution in [2.24, 2.45) is 0 Å². The van der Waals surface area contributed by atoms with Gasteiger partial charge >= 0.3 is 11.8 Å². The average Bonchev–Trinajstić information content (AvgIpc) is 2.71. The molecule has 0 aliphatic rings. The number of amides is 2. The van der Waals surface area contributed by atoms with Crippen LogP contribution in [0.1, 0.15) is 5.56 Å². The van der Waals surface area contributed by atoms with Crippen LogP contribution in [0.4, 0.5) is 11.4 Å². The lowest BCUT2D eigenvalue weighted by Gasteiger charge is -2.11. The van der Waals surface area contributed by atoms with Crippen LogP contribution in [0.5, 0.6) is 0 Å². The molecule has 2 N–H and O–H groups in total. The SMILES string of the molecule is N#Cc1ccc(NC(=O)C(=O)Nc2ccccc2Sc2ccccc2)cc1. The van der Waals surface area contributed by atoms with Gasteiger partial charge in [-0.15, -0.1) is 0 Å². The predicted molar refractivity (Wildman–Crippen MR) is 105 cm³/mol. The van der Waals surface area contributed by atoms with E-state index in [2.05, 4.69) is 10.6 Å². The van der Waals surface area contributed by atoms with Gasteiger partial charge in [-0.05, 0) is 48.5 Å². The number of carbonyl (C=O) groups excluding carboxylic acids is 2. The third-order valence-corrected chi connectivity index (χ3v) is 4.67. The van der Waals surface area contributed by atoms with Crippen molar-refractivity contribution in [1.82, 2.24) is 0 Å². The minimum absolute atomic E-state index is 0.445.